The fraction of sp³-hybridized carbons (Fsp3) is 0.208. The fourth-order valence-electron chi connectivity index (χ4n) is 3.29. The van der Waals surface area contributed by atoms with Crippen LogP contribution in [0.3, 0.4) is 0 Å². The van der Waals surface area contributed by atoms with Crippen molar-refractivity contribution in [3.05, 3.63) is 72.3 Å². The molecule has 3 aromatic rings. The van der Waals surface area contributed by atoms with Gasteiger partial charge in [-0.25, -0.2) is 8.42 Å². The van der Waals surface area contributed by atoms with Gasteiger partial charge < -0.3 is 14.8 Å². The lowest BCUT2D eigenvalue weighted by Crippen LogP contribution is -2.38. The van der Waals surface area contributed by atoms with Crippen LogP contribution in [0.25, 0.3) is 0 Å². The lowest BCUT2D eigenvalue weighted by atomic mass is 10.2. The number of anilines is 2. The van der Waals surface area contributed by atoms with Gasteiger partial charge in [0.15, 0.2) is 11.5 Å². The quantitative estimate of drug-likeness (QED) is 0.372. The monoisotopic (exact) mass is 540 g/mol. The van der Waals surface area contributed by atoms with Crippen LogP contribution in [0.4, 0.5) is 24.5 Å². The van der Waals surface area contributed by atoms with E-state index >= 15 is 0 Å². The van der Waals surface area contributed by atoms with Crippen molar-refractivity contribution in [3.63, 3.8) is 0 Å². The number of hydrogen-bond donors (Lipinski definition) is 1. The molecular weight excluding hydrogens is 517 g/mol. The van der Waals surface area contributed by atoms with Gasteiger partial charge in [0.2, 0.25) is 5.91 Å². The second kappa shape index (κ2) is 11.1. The summed E-state index contributed by atoms with van der Waals surface area (Å²) < 4.78 is 78.3. The highest BCUT2D eigenvalue weighted by molar-refractivity contribution is 7.98. The second-order valence-electron chi connectivity index (χ2n) is 7.36. The maximum atomic E-state index is 13.6. The van der Waals surface area contributed by atoms with Crippen LogP contribution in [0, 0.1) is 0 Å². The molecular formula is C24H23F3N2O5S2. The summed E-state index contributed by atoms with van der Waals surface area (Å²) in [4.78, 5) is 13.5. The number of hydrogen-bond acceptors (Lipinski definition) is 6. The molecule has 0 atom stereocenters. The lowest BCUT2D eigenvalue weighted by Gasteiger charge is -2.25. The van der Waals surface area contributed by atoms with Crippen molar-refractivity contribution in [3.8, 4) is 11.5 Å². The molecule has 0 unspecified atom stereocenters. The number of benzene rings is 3. The Morgan fingerprint density at radius 2 is 1.67 bits per heavy atom. The van der Waals surface area contributed by atoms with Crippen LogP contribution in [0.5, 0.6) is 11.5 Å². The third kappa shape index (κ3) is 6.24. The molecule has 0 aliphatic rings. The number of amides is 1. The van der Waals surface area contributed by atoms with Gasteiger partial charge in [0.05, 0.1) is 30.4 Å². The number of nitrogens with one attached hydrogen (secondary N) is 1. The van der Waals surface area contributed by atoms with Crippen molar-refractivity contribution in [1.82, 2.24) is 0 Å². The van der Waals surface area contributed by atoms with Gasteiger partial charge >= 0.3 is 6.18 Å². The van der Waals surface area contributed by atoms with Crippen LogP contribution < -0.4 is 19.1 Å². The van der Waals surface area contributed by atoms with Gasteiger partial charge in [-0.2, -0.15) is 13.2 Å². The number of carbonyl (C=O) groups is 1. The van der Waals surface area contributed by atoms with E-state index in [-0.39, 0.29) is 22.1 Å². The standard InChI is InChI=1S/C24H23F3N2O5S2/c1-33-21-11-10-20(14-22(21)34-2)36(31,32)29(18-8-4-6-16(12-18)24(25,26)27)15-23(30)28-17-7-5-9-19(13-17)35-3/h4-14H,15H2,1-3H3,(H,28,30). The molecule has 0 aliphatic heterocycles. The number of halogens is 3. The van der Waals surface area contributed by atoms with E-state index in [0.29, 0.717) is 16.1 Å². The molecule has 0 radical (unpaired) electrons. The number of nitrogens with zero attached hydrogens (tertiary/aromatic N) is 1. The first-order chi connectivity index (χ1) is 17.0. The molecule has 7 nitrogen and oxygen atoms in total. The molecule has 192 valence electrons. The minimum atomic E-state index is -4.71. The summed E-state index contributed by atoms with van der Waals surface area (Å²) in [5.74, 6) is -0.385. The van der Waals surface area contributed by atoms with Crippen molar-refractivity contribution in [1.29, 1.82) is 0 Å². The van der Waals surface area contributed by atoms with E-state index in [1.54, 1.807) is 18.2 Å². The molecule has 0 spiro atoms. The number of alkyl halides is 3. The molecule has 0 aliphatic carbocycles. The van der Waals surface area contributed by atoms with Crippen LogP contribution in [0.1, 0.15) is 5.56 Å². The van der Waals surface area contributed by atoms with Gasteiger partial charge in [-0.3, -0.25) is 9.10 Å². The zero-order chi connectivity index (χ0) is 26.5. The van der Waals surface area contributed by atoms with Crippen LogP contribution >= 0.6 is 11.8 Å². The van der Waals surface area contributed by atoms with Crippen LogP contribution in [-0.4, -0.2) is 41.3 Å². The molecule has 0 aromatic heterocycles. The number of sulfonamides is 1. The zero-order valence-corrected chi connectivity index (χ0v) is 21.1. The Labute approximate surface area is 211 Å². The molecule has 0 saturated heterocycles. The van der Waals surface area contributed by atoms with Crippen molar-refractivity contribution < 1.29 is 35.9 Å². The SMILES string of the molecule is COc1ccc(S(=O)(=O)N(CC(=O)Nc2cccc(SC)c2)c2cccc(C(F)(F)F)c2)cc1OC. The van der Waals surface area contributed by atoms with Crippen molar-refractivity contribution >= 4 is 39.1 Å². The van der Waals surface area contributed by atoms with E-state index in [1.165, 1.54) is 50.2 Å². The lowest BCUT2D eigenvalue weighted by molar-refractivity contribution is -0.137. The third-order valence-electron chi connectivity index (χ3n) is 5.05. The Morgan fingerprint density at radius 1 is 0.972 bits per heavy atom. The molecule has 36 heavy (non-hydrogen) atoms. The number of methoxy groups -OCH3 is 2. The molecule has 3 rings (SSSR count). The van der Waals surface area contributed by atoms with Crippen LogP contribution in [-0.2, 0) is 21.0 Å². The fourth-order valence-corrected chi connectivity index (χ4v) is 5.18. The van der Waals surface area contributed by atoms with Crippen molar-refractivity contribution in [2.24, 2.45) is 0 Å². The van der Waals surface area contributed by atoms with Gasteiger partial charge in [-0.15, -0.1) is 11.8 Å². The highest BCUT2D eigenvalue weighted by Crippen LogP contribution is 2.35. The Balaban J connectivity index is 2.05. The van der Waals surface area contributed by atoms with E-state index in [2.05, 4.69) is 5.32 Å². The molecule has 0 fully saturated rings. The van der Waals surface area contributed by atoms with E-state index in [4.69, 9.17) is 9.47 Å². The van der Waals surface area contributed by atoms with E-state index < -0.39 is 34.2 Å². The van der Waals surface area contributed by atoms with Gasteiger partial charge in [0, 0.05) is 16.6 Å². The molecule has 0 bridgehead atoms. The first kappa shape index (κ1) is 27.2. The van der Waals surface area contributed by atoms with E-state index in [9.17, 15) is 26.4 Å². The summed E-state index contributed by atoms with van der Waals surface area (Å²) in [6.45, 7) is -0.776. The van der Waals surface area contributed by atoms with Crippen molar-refractivity contribution in [2.45, 2.75) is 16.0 Å². The second-order valence-corrected chi connectivity index (χ2v) is 10.1. The molecule has 0 heterocycles. The number of rotatable bonds is 9. The van der Waals surface area contributed by atoms with E-state index in [1.807, 2.05) is 12.3 Å². The maximum Gasteiger partial charge on any atom is 0.416 e. The predicted octanol–water partition coefficient (Wildman–Crippen LogP) is 5.28. The number of carbonyl (C=O) groups excluding carboxylic acids is 1. The molecule has 1 amide bonds. The Hall–Kier alpha value is -3.38. The normalized spacial score (nSPS) is 11.6. The van der Waals surface area contributed by atoms with Crippen LogP contribution in [0.15, 0.2) is 76.5 Å². The van der Waals surface area contributed by atoms with Gasteiger partial charge in [-0.1, -0.05) is 12.1 Å². The third-order valence-corrected chi connectivity index (χ3v) is 7.54. The Kier molecular flexibility index (Phi) is 8.41. The molecule has 3 aromatic carbocycles. The molecule has 1 N–H and O–H groups in total. The van der Waals surface area contributed by atoms with Crippen molar-refractivity contribution in [2.75, 3.05) is 36.6 Å². The number of thioether (sulfide) groups is 1. The summed E-state index contributed by atoms with van der Waals surface area (Å²) in [5.41, 5.74) is -0.965. The zero-order valence-electron chi connectivity index (χ0n) is 19.5. The smallest absolute Gasteiger partial charge is 0.416 e. The van der Waals surface area contributed by atoms with Gasteiger partial charge in [0.25, 0.3) is 10.0 Å². The highest BCUT2D eigenvalue weighted by atomic mass is 32.2. The topological polar surface area (TPSA) is 84.9 Å². The van der Waals surface area contributed by atoms with Crippen LogP contribution in [0.2, 0.25) is 0 Å². The summed E-state index contributed by atoms with van der Waals surface area (Å²) >= 11 is 1.45. The maximum absolute atomic E-state index is 13.6. The predicted molar refractivity (Wildman–Crippen MR) is 132 cm³/mol. The summed E-state index contributed by atoms with van der Waals surface area (Å²) in [5, 5.41) is 2.60. The number of ether oxygens (including phenoxy) is 2. The summed E-state index contributed by atoms with van der Waals surface area (Å²) in [6.07, 6.45) is -2.86. The average Bonchev–Trinajstić information content (AvgIpc) is 2.86. The Bertz CT molecular complexity index is 1350. The summed E-state index contributed by atoms with van der Waals surface area (Å²) in [6, 6.07) is 14.4. The molecule has 0 saturated carbocycles. The highest BCUT2D eigenvalue weighted by Gasteiger charge is 2.33. The van der Waals surface area contributed by atoms with Gasteiger partial charge in [-0.05, 0) is 54.8 Å². The minimum absolute atomic E-state index is 0.0981. The van der Waals surface area contributed by atoms with Gasteiger partial charge in [0.1, 0.15) is 6.54 Å². The first-order valence-corrected chi connectivity index (χ1v) is 13.0. The average molecular weight is 541 g/mol. The first-order valence-electron chi connectivity index (χ1n) is 10.4. The van der Waals surface area contributed by atoms with E-state index in [0.717, 1.165) is 17.0 Å². The largest absolute Gasteiger partial charge is 0.493 e. The minimum Gasteiger partial charge on any atom is -0.493 e. The summed E-state index contributed by atoms with van der Waals surface area (Å²) in [7, 11) is -1.82. The molecule has 12 heteroatoms. The Morgan fingerprint density at radius 3 is 2.31 bits per heavy atom.